The molecule has 186 valence electrons. The lowest BCUT2D eigenvalue weighted by atomic mass is 10.0. The molecule has 2 aliphatic rings. The molecule has 0 spiro atoms. The molecule has 1 amide bonds. The Morgan fingerprint density at radius 1 is 1.25 bits per heavy atom. The summed E-state index contributed by atoms with van der Waals surface area (Å²) in [5.41, 5.74) is 2.23. The Balaban J connectivity index is 1.62. The second-order valence-electron chi connectivity index (χ2n) is 7.99. The predicted octanol–water partition coefficient (Wildman–Crippen LogP) is 4.19. The predicted molar refractivity (Wildman–Crippen MR) is 144 cm³/mol. The summed E-state index contributed by atoms with van der Waals surface area (Å²) in [6.07, 6.45) is 1.80. The van der Waals surface area contributed by atoms with Crippen molar-refractivity contribution in [2.45, 2.75) is 31.8 Å². The highest BCUT2D eigenvalue weighted by Gasteiger charge is 2.42. The fraction of sp³-hybridized carbons (Fsp3) is 0.240. The van der Waals surface area contributed by atoms with Gasteiger partial charge < -0.3 is 9.84 Å². The van der Waals surface area contributed by atoms with Gasteiger partial charge in [-0.1, -0.05) is 82.4 Å². The van der Waals surface area contributed by atoms with Crippen LogP contribution in [-0.2, 0) is 25.5 Å². The molecule has 1 fully saturated rings. The lowest BCUT2D eigenvalue weighted by Gasteiger charge is -2.25. The van der Waals surface area contributed by atoms with Crippen LogP contribution in [-0.4, -0.2) is 61.6 Å². The molecule has 2 atom stereocenters. The number of hydrazone groups is 1. The van der Waals surface area contributed by atoms with Crippen molar-refractivity contribution in [1.29, 1.82) is 0 Å². The Kier molecular flexibility index (Phi) is 8.22. The highest BCUT2D eigenvalue weighted by atomic mass is 79.9. The fourth-order valence-electron chi connectivity index (χ4n) is 3.88. The number of thioether (sulfide) groups is 1. The zero-order valence-electron chi connectivity index (χ0n) is 19.2. The van der Waals surface area contributed by atoms with Gasteiger partial charge >= 0.3 is 11.9 Å². The summed E-state index contributed by atoms with van der Waals surface area (Å²) >= 11 is 9.86. The van der Waals surface area contributed by atoms with Crippen LogP contribution in [0.25, 0.3) is 0 Å². The van der Waals surface area contributed by atoms with E-state index in [0.29, 0.717) is 5.71 Å². The van der Waals surface area contributed by atoms with Crippen molar-refractivity contribution < 1.29 is 24.2 Å². The van der Waals surface area contributed by atoms with Gasteiger partial charge in [0.2, 0.25) is 0 Å². The fourth-order valence-corrected chi connectivity index (χ4v) is 5.47. The maximum absolute atomic E-state index is 13.4. The first-order valence-corrected chi connectivity index (χ1v) is 13.1. The molecular weight excluding hydrogens is 566 g/mol. The van der Waals surface area contributed by atoms with Crippen LogP contribution in [0.3, 0.4) is 0 Å². The molecule has 2 aliphatic heterocycles. The number of carboxylic acids is 1. The molecule has 1 N–H and O–H groups in total. The monoisotopic (exact) mass is 587 g/mol. The van der Waals surface area contributed by atoms with Crippen LogP contribution in [0.5, 0.6) is 0 Å². The van der Waals surface area contributed by atoms with E-state index < -0.39 is 29.9 Å². The Morgan fingerprint density at radius 2 is 1.94 bits per heavy atom. The van der Waals surface area contributed by atoms with Crippen molar-refractivity contribution in [2.75, 3.05) is 6.61 Å². The number of hydrogen-bond acceptors (Lipinski definition) is 8. The van der Waals surface area contributed by atoms with Crippen LogP contribution in [0.15, 0.2) is 75.3 Å². The second kappa shape index (κ2) is 11.4. The first kappa shape index (κ1) is 26.1. The summed E-state index contributed by atoms with van der Waals surface area (Å²) in [5.74, 6) is -2.11. The van der Waals surface area contributed by atoms with Gasteiger partial charge in [0.1, 0.15) is 10.4 Å². The maximum atomic E-state index is 13.4. The third kappa shape index (κ3) is 5.69. The van der Waals surface area contributed by atoms with Crippen molar-refractivity contribution in [3.05, 3.63) is 81.3 Å². The largest absolute Gasteiger partial charge is 0.480 e. The standard InChI is InChI=1S/C25H22BrN3O5S2/c1-2-34-24(33)20(12-15-6-4-3-5-7-15)29-22(30)21(36-25(29)35)14-28-19(23(31)32)13-18(27-28)16-8-10-17(26)11-9-16/h3-11,14,19-20H,2,12-13H2,1H3,(H,31,32)/b21-14-. The highest BCUT2D eigenvalue weighted by Crippen LogP contribution is 2.35. The molecule has 2 aromatic rings. The average Bonchev–Trinajstić information content (AvgIpc) is 3.40. The van der Waals surface area contributed by atoms with Crippen LogP contribution in [0.1, 0.15) is 24.5 Å². The number of nitrogens with zero attached hydrogens (tertiary/aromatic N) is 3. The van der Waals surface area contributed by atoms with E-state index in [2.05, 4.69) is 21.0 Å². The topological polar surface area (TPSA) is 99.5 Å². The first-order valence-electron chi connectivity index (χ1n) is 11.1. The van der Waals surface area contributed by atoms with E-state index in [0.717, 1.165) is 27.4 Å². The third-order valence-electron chi connectivity index (χ3n) is 5.62. The lowest BCUT2D eigenvalue weighted by Crippen LogP contribution is -2.46. The van der Waals surface area contributed by atoms with Gasteiger partial charge in [-0.15, -0.1) is 0 Å². The minimum atomic E-state index is -1.06. The van der Waals surface area contributed by atoms with Gasteiger partial charge in [-0.3, -0.25) is 14.7 Å². The van der Waals surface area contributed by atoms with E-state index in [1.807, 2.05) is 54.6 Å². The Morgan fingerprint density at radius 3 is 2.58 bits per heavy atom. The number of amides is 1. The number of thiocarbonyl (C=S) groups is 1. The lowest BCUT2D eigenvalue weighted by molar-refractivity contribution is -0.150. The zero-order valence-corrected chi connectivity index (χ0v) is 22.4. The van der Waals surface area contributed by atoms with Gasteiger partial charge in [0.15, 0.2) is 6.04 Å². The van der Waals surface area contributed by atoms with Gasteiger partial charge in [-0.05, 0) is 30.2 Å². The van der Waals surface area contributed by atoms with Crippen LogP contribution >= 0.6 is 39.9 Å². The van der Waals surface area contributed by atoms with Crippen molar-refractivity contribution in [3.8, 4) is 0 Å². The molecule has 0 aromatic heterocycles. The van der Waals surface area contributed by atoms with Crippen LogP contribution in [0, 0.1) is 0 Å². The first-order chi connectivity index (χ1) is 17.3. The number of carboxylic acid groups (broad SMARTS) is 1. The van der Waals surface area contributed by atoms with Gasteiger partial charge in [0, 0.05) is 23.5 Å². The SMILES string of the molecule is CCOC(=O)C(Cc1ccccc1)N1C(=O)/C(=C/N2N=C(c3ccc(Br)cc3)CC2C(=O)O)SC1=S. The molecule has 2 unspecified atom stereocenters. The molecule has 4 rings (SSSR count). The van der Waals surface area contributed by atoms with Crippen LogP contribution in [0.4, 0.5) is 0 Å². The molecule has 0 radical (unpaired) electrons. The molecule has 0 bridgehead atoms. The number of ether oxygens (including phenoxy) is 1. The number of halogens is 1. The molecule has 36 heavy (non-hydrogen) atoms. The summed E-state index contributed by atoms with van der Waals surface area (Å²) in [7, 11) is 0. The summed E-state index contributed by atoms with van der Waals surface area (Å²) in [6, 6.07) is 14.8. The number of aliphatic carboxylic acids is 1. The molecule has 11 heteroatoms. The minimum absolute atomic E-state index is 0.163. The highest BCUT2D eigenvalue weighted by molar-refractivity contribution is 9.10. The van der Waals surface area contributed by atoms with Crippen molar-refractivity contribution in [1.82, 2.24) is 9.91 Å². The average molecular weight is 589 g/mol. The van der Waals surface area contributed by atoms with Crippen LogP contribution in [0.2, 0.25) is 0 Å². The third-order valence-corrected chi connectivity index (χ3v) is 7.47. The number of rotatable bonds is 8. The van der Waals surface area contributed by atoms with Crippen molar-refractivity contribution in [2.24, 2.45) is 5.10 Å². The van der Waals surface area contributed by atoms with E-state index >= 15 is 0 Å². The number of carbonyl (C=O) groups is 3. The summed E-state index contributed by atoms with van der Waals surface area (Å²) in [5, 5.41) is 15.5. The Labute approximate surface area is 226 Å². The number of benzene rings is 2. The van der Waals surface area contributed by atoms with E-state index in [4.69, 9.17) is 17.0 Å². The molecule has 1 saturated heterocycles. The Hall–Kier alpha value is -3.02. The van der Waals surface area contributed by atoms with Gasteiger partial charge in [-0.2, -0.15) is 5.10 Å². The molecule has 2 aromatic carbocycles. The van der Waals surface area contributed by atoms with Crippen molar-refractivity contribution in [3.63, 3.8) is 0 Å². The van der Waals surface area contributed by atoms with Crippen molar-refractivity contribution >= 4 is 67.8 Å². The maximum Gasteiger partial charge on any atom is 0.329 e. The number of esters is 1. The van der Waals surface area contributed by atoms with Gasteiger partial charge in [0.05, 0.1) is 17.2 Å². The zero-order chi connectivity index (χ0) is 25.8. The summed E-state index contributed by atoms with van der Waals surface area (Å²) < 4.78 is 6.33. The Bertz CT molecular complexity index is 1250. The molecule has 0 aliphatic carbocycles. The molecule has 2 heterocycles. The van der Waals surface area contributed by atoms with Gasteiger partial charge in [-0.25, -0.2) is 9.59 Å². The quantitative estimate of drug-likeness (QED) is 0.279. The van der Waals surface area contributed by atoms with E-state index in [9.17, 15) is 19.5 Å². The van der Waals surface area contributed by atoms with Gasteiger partial charge in [0.25, 0.3) is 5.91 Å². The van der Waals surface area contributed by atoms with E-state index in [1.54, 1.807) is 6.92 Å². The second-order valence-corrected chi connectivity index (χ2v) is 10.6. The van der Waals surface area contributed by atoms with Crippen LogP contribution < -0.4 is 0 Å². The number of carbonyl (C=O) groups excluding carboxylic acids is 2. The summed E-state index contributed by atoms with van der Waals surface area (Å²) in [6.45, 7) is 1.86. The molecular formula is C25H22BrN3O5S2. The normalized spacial score (nSPS) is 19.6. The number of hydrogen-bond donors (Lipinski definition) is 1. The van der Waals surface area contributed by atoms with E-state index in [1.165, 1.54) is 16.1 Å². The smallest absolute Gasteiger partial charge is 0.329 e. The minimum Gasteiger partial charge on any atom is -0.480 e. The molecule has 8 nitrogen and oxygen atoms in total. The summed E-state index contributed by atoms with van der Waals surface area (Å²) in [4.78, 5) is 39.6. The van der Waals surface area contributed by atoms with E-state index in [-0.39, 0.29) is 28.7 Å². The molecule has 0 saturated carbocycles.